The van der Waals surface area contributed by atoms with Gasteiger partial charge < -0.3 is 13.9 Å². The molecular formula is C34H40N4O2. The van der Waals surface area contributed by atoms with E-state index in [9.17, 15) is 4.79 Å². The van der Waals surface area contributed by atoms with Gasteiger partial charge in [0, 0.05) is 36.8 Å². The first-order valence-electron chi connectivity index (χ1n) is 15.1. The van der Waals surface area contributed by atoms with Gasteiger partial charge >= 0.3 is 0 Å². The lowest BCUT2D eigenvalue weighted by atomic mass is 9.70. The van der Waals surface area contributed by atoms with Crippen molar-refractivity contribution in [3.05, 3.63) is 89.6 Å². The van der Waals surface area contributed by atoms with Crippen molar-refractivity contribution in [3.63, 3.8) is 0 Å². The predicted octanol–water partition coefficient (Wildman–Crippen LogP) is 6.68. The van der Waals surface area contributed by atoms with E-state index in [-0.39, 0.29) is 11.3 Å². The highest BCUT2D eigenvalue weighted by Crippen LogP contribution is 2.45. The van der Waals surface area contributed by atoms with Crippen LogP contribution in [0.1, 0.15) is 78.5 Å². The van der Waals surface area contributed by atoms with Gasteiger partial charge in [0.25, 0.3) is 5.91 Å². The molecule has 3 aliphatic rings. The van der Waals surface area contributed by atoms with E-state index >= 15 is 0 Å². The quantitative estimate of drug-likeness (QED) is 0.276. The molecule has 40 heavy (non-hydrogen) atoms. The molecule has 3 atom stereocenters. The number of carbonyl (C=O) groups is 1. The second-order valence-corrected chi connectivity index (χ2v) is 12.4. The molecule has 0 spiro atoms. The van der Waals surface area contributed by atoms with E-state index < -0.39 is 0 Å². The van der Waals surface area contributed by atoms with Crippen LogP contribution >= 0.6 is 0 Å². The van der Waals surface area contributed by atoms with Crippen molar-refractivity contribution in [1.82, 2.24) is 19.4 Å². The summed E-state index contributed by atoms with van der Waals surface area (Å²) in [5, 5.41) is 0. The fourth-order valence-electron chi connectivity index (χ4n) is 8.14. The van der Waals surface area contributed by atoms with Gasteiger partial charge in [-0.2, -0.15) is 0 Å². The normalized spacial score (nSPS) is 24.6. The second-order valence-electron chi connectivity index (χ2n) is 12.4. The Morgan fingerprint density at radius 1 is 0.925 bits per heavy atom. The number of carbonyl (C=O) groups excluding carboxylic acids is 1. The summed E-state index contributed by atoms with van der Waals surface area (Å²) in [6, 6.07) is 23.4. The van der Waals surface area contributed by atoms with Crippen LogP contribution in [0.4, 0.5) is 0 Å². The van der Waals surface area contributed by atoms with Crippen LogP contribution < -0.4 is 0 Å². The Hall–Kier alpha value is -3.38. The molecular weight excluding hydrogens is 496 g/mol. The lowest BCUT2D eigenvalue weighted by Gasteiger charge is -2.45. The second kappa shape index (κ2) is 10.2. The minimum Gasteiger partial charge on any atom is -0.459 e. The molecule has 6 nitrogen and oxygen atoms in total. The van der Waals surface area contributed by atoms with Gasteiger partial charge in [0.1, 0.15) is 5.82 Å². The number of benzene rings is 2. The van der Waals surface area contributed by atoms with Gasteiger partial charge in [-0.1, -0.05) is 42.5 Å². The van der Waals surface area contributed by atoms with E-state index in [0.717, 1.165) is 55.8 Å². The molecule has 3 aliphatic heterocycles. The monoisotopic (exact) mass is 536 g/mol. The van der Waals surface area contributed by atoms with Crippen LogP contribution in [0, 0.1) is 13.8 Å². The minimum atomic E-state index is 0.0339. The first-order valence-corrected chi connectivity index (χ1v) is 15.1. The van der Waals surface area contributed by atoms with Gasteiger partial charge in [0.2, 0.25) is 0 Å². The third-order valence-electron chi connectivity index (χ3n) is 10.3. The largest absolute Gasteiger partial charge is 0.459 e. The minimum absolute atomic E-state index is 0.0339. The van der Waals surface area contributed by atoms with Gasteiger partial charge in [-0.05, 0) is 94.5 Å². The van der Waals surface area contributed by atoms with Crippen LogP contribution in [0.3, 0.4) is 0 Å². The molecule has 4 aromatic rings. The van der Waals surface area contributed by atoms with Crippen LogP contribution in [0.25, 0.3) is 11.0 Å². The Labute approximate surface area is 237 Å². The Morgan fingerprint density at radius 2 is 1.62 bits per heavy atom. The van der Waals surface area contributed by atoms with Crippen molar-refractivity contribution in [1.29, 1.82) is 0 Å². The molecule has 2 aromatic heterocycles. The van der Waals surface area contributed by atoms with Crippen molar-refractivity contribution in [2.75, 3.05) is 19.6 Å². The maximum absolute atomic E-state index is 13.2. The molecule has 0 unspecified atom stereocenters. The summed E-state index contributed by atoms with van der Waals surface area (Å²) in [5.41, 5.74) is 4.85. The molecule has 2 bridgehead atoms. The highest BCUT2D eigenvalue weighted by Gasteiger charge is 2.44. The number of aromatic nitrogens is 2. The molecule has 0 aliphatic carbocycles. The number of rotatable bonds is 6. The summed E-state index contributed by atoms with van der Waals surface area (Å²) in [6.07, 6.45) is 9.77. The van der Waals surface area contributed by atoms with Crippen LogP contribution in [-0.4, -0.2) is 57.0 Å². The third-order valence-corrected chi connectivity index (χ3v) is 10.3. The third kappa shape index (κ3) is 4.37. The maximum atomic E-state index is 13.2. The Bertz CT molecular complexity index is 1480. The standard InChI is InChI=1S/C34H40N4O2/c1-24-14-21-40-32(24)33(39)36-18-15-34(16-19-36,26-8-4-3-5-9-26)17-20-37-27-12-13-28(37)23-29(22-27)38-25(2)35-30-10-6-7-11-31(30)38/h3-11,14,21,27-29H,12-13,15-20,22-23H2,1-2H3/t27-,28+,29+. The number of nitrogens with zero attached hydrogens (tertiary/aromatic N) is 4. The molecule has 6 heteroatoms. The van der Waals surface area contributed by atoms with Crippen molar-refractivity contribution in [2.45, 2.75) is 82.3 Å². The number of para-hydroxylation sites is 2. The number of fused-ring (bicyclic) bond motifs is 3. The number of likely N-dealkylation sites (tertiary alicyclic amines) is 1. The first-order chi connectivity index (χ1) is 19.5. The van der Waals surface area contributed by atoms with Crippen LogP contribution in [0.5, 0.6) is 0 Å². The van der Waals surface area contributed by atoms with E-state index in [1.807, 2.05) is 17.9 Å². The van der Waals surface area contributed by atoms with E-state index in [2.05, 4.69) is 71.0 Å². The number of furan rings is 1. The van der Waals surface area contributed by atoms with Crippen molar-refractivity contribution >= 4 is 16.9 Å². The highest BCUT2D eigenvalue weighted by molar-refractivity contribution is 5.93. The smallest absolute Gasteiger partial charge is 0.289 e. The molecule has 208 valence electrons. The van der Waals surface area contributed by atoms with Gasteiger partial charge in [0.05, 0.1) is 17.3 Å². The lowest BCUT2D eigenvalue weighted by molar-refractivity contribution is 0.0579. The van der Waals surface area contributed by atoms with Crippen molar-refractivity contribution in [2.24, 2.45) is 0 Å². The zero-order chi connectivity index (χ0) is 27.3. The summed E-state index contributed by atoms with van der Waals surface area (Å²) >= 11 is 0. The fourth-order valence-corrected chi connectivity index (χ4v) is 8.14. The molecule has 0 N–H and O–H groups in total. The summed E-state index contributed by atoms with van der Waals surface area (Å²) in [4.78, 5) is 22.9. The van der Waals surface area contributed by atoms with Crippen molar-refractivity contribution < 1.29 is 9.21 Å². The molecule has 0 radical (unpaired) electrons. The number of aryl methyl sites for hydroxylation is 2. The first kappa shape index (κ1) is 25.6. The lowest BCUT2D eigenvalue weighted by Crippen LogP contribution is -2.49. The van der Waals surface area contributed by atoms with Gasteiger partial charge in [-0.3, -0.25) is 9.69 Å². The number of amides is 1. The Morgan fingerprint density at radius 3 is 2.33 bits per heavy atom. The summed E-state index contributed by atoms with van der Waals surface area (Å²) in [5.74, 6) is 1.67. The topological polar surface area (TPSA) is 54.5 Å². The molecule has 2 aromatic carbocycles. The Balaban J connectivity index is 1.07. The maximum Gasteiger partial charge on any atom is 0.289 e. The average molecular weight is 537 g/mol. The molecule has 3 fully saturated rings. The fraction of sp³-hybridized carbons (Fsp3) is 0.471. The van der Waals surface area contributed by atoms with Gasteiger partial charge in [0.15, 0.2) is 5.76 Å². The number of hydrogen-bond donors (Lipinski definition) is 0. The van der Waals surface area contributed by atoms with E-state index in [0.29, 0.717) is 23.9 Å². The van der Waals surface area contributed by atoms with Crippen LogP contribution in [0.15, 0.2) is 71.3 Å². The van der Waals surface area contributed by atoms with Crippen molar-refractivity contribution in [3.8, 4) is 0 Å². The molecule has 7 rings (SSSR count). The summed E-state index contributed by atoms with van der Waals surface area (Å²) in [6.45, 7) is 6.79. The van der Waals surface area contributed by atoms with E-state index in [1.54, 1.807) is 6.26 Å². The zero-order valence-corrected chi connectivity index (χ0v) is 23.8. The SMILES string of the molecule is Cc1ccoc1C(=O)N1CCC(CCN2[C@@H]3CC[C@H]2C[C@@H](n2c(C)nc4ccccc42)C3)(c2ccccc2)CC1. The zero-order valence-electron chi connectivity index (χ0n) is 23.8. The molecule has 0 saturated carbocycles. The van der Waals surface area contributed by atoms with Crippen LogP contribution in [-0.2, 0) is 5.41 Å². The molecule has 5 heterocycles. The average Bonchev–Trinajstić information content (AvgIpc) is 3.63. The van der Waals surface area contributed by atoms with Crippen LogP contribution in [0.2, 0.25) is 0 Å². The molecule has 1 amide bonds. The number of hydrogen-bond acceptors (Lipinski definition) is 4. The molecule has 3 saturated heterocycles. The van der Waals surface area contributed by atoms with Gasteiger partial charge in [-0.25, -0.2) is 4.98 Å². The highest BCUT2D eigenvalue weighted by atomic mass is 16.3. The van der Waals surface area contributed by atoms with Gasteiger partial charge in [-0.15, -0.1) is 0 Å². The Kier molecular flexibility index (Phi) is 6.54. The van der Waals surface area contributed by atoms with E-state index in [1.165, 1.54) is 36.8 Å². The predicted molar refractivity (Wildman–Crippen MR) is 158 cm³/mol. The van der Waals surface area contributed by atoms with E-state index in [4.69, 9.17) is 9.40 Å². The summed E-state index contributed by atoms with van der Waals surface area (Å²) < 4.78 is 8.06. The number of imidazole rings is 1. The number of piperidine rings is 2. The summed E-state index contributed by atoms with van der Waals surface area (Å²) in [7, 11) is 0.